The fourth-order valence-electron chi connectivity index (χ4n) is 2.35. The summed E-state index contributed by atoms with van der Waals surface area (Å²) >= 11 is 1.12. The van der Waals surface area contributed by atoms with E-state index in [4.69, 9.17) is 0 Å². The van der Waals surface area contributed by atoms with Crippen LogP contribution >= 0.6 is 11.3 Å². The number of nitrogens with one attached hydrogen (secondary N) is 1. The first-order valence-corrected chi connectivity index (χ1v) is 9.93. The minimum absolute atomic E-state index is 0.209. The summed E-state index contributed by atoms with van der Waals surface area (Å²) in [5.41, 5.74) is 1.89. The average molecular weight is 375 g/mol. The molecular formula is C17H17N3O3S2. The Morgan fingerprint density at radius 3 is 2.56 bits per heavy atom. The van der Waals surface area contributed by atoms with Crippen LogP contribution in [-0.4, -0.2) is 18.2 Å². The second-order valence-electron chi connectivity index (χ2n) is 5.59. The molecule has 0 aliphatic heterocycles. The average Bonchev–Trinajstić information content (AvgIpc) is 3.09. The quantitative estimate of drug-likeness (QED) is 0.743. The van der Waals surface area contributed by atoms with E-state index in [0.29, 0.717) is 11.3 Å². The fourth-order valence-corrected chi connectivity index (χ4v) is 4.77. The predicted molar refractivity (Wildman–Crippen MR) is 98.0 cm³/mol. The highest BCUT2D eigenvalue weighted by Crippen LogP contribution is 2.28. The standard InChI is InChI=1S/C17H17N3O3S2/c1-12(13-6-4-3-5-7-13)19-25(22,23)17-10-14(11-24-17)15-8-9-16(21)20(2)18-15/h3-12,19H,1-2H3. The largest absolute Gasteiger partial charge is 0.268 e. The Morgan fingerprint density at radius 1 is 1.16 bits per heavy atom. The third kappa shape index (κ3) is 3.87. The van der Waals surface area contributed by atoms with Gasteiger partial charge in [0.25, 0.3) is 15.6 Å². The van der Waals surface area contributed by atoms with Crippen molar-refractivity contribution in [1.82, 2.24) is 14.5 Å². The maximum absolute atomic E-state index is 12.6. The zero-order chi connectivity index (χ0) is 18.0. The molecule has 8 heteroatoms. The molecule has 25 heavy (non-hydrogen) atoms. The van der Waals surface area contributed by atoms with Crippen molar-refractivity contribution in [3.05, 3.63) is 69.8 Å². The normalized spacial score (nSPS) is 12.9. The van der Waals surface area contributed by atoms with Crippen LogP contribution in [0.25, 0.3) is 11.3 Å². The lowest BCUT2D eigenvalue weighted by molar-refractivity contribution is 0.569. The Morgan fingerprint density at radius 2 is 1.88 bits per heavy atom. The van der Waals surface area contributed by atoms with Crippen molar-refractivity contribution in [3.63, 3.8) is 0 Å². The molecular weight excluding hydrogens is 358 g/mol. The Labute approximate surface area is 149 Å². The van der Waals surface area contributed by atoms with Gasteiger partial charge in [0.1, 0.15) is 4.21 Å². The molecule has 0 saturated carbocycles. The van der Waals surface area contributed by atoms with E-state index in [0.717, 1.165) is 16.9 Å². The zero-order valence-electron chi connectivity index (χ0n) is 13.7. The molecule has 1 atom stereocenters. The Kier molecular flexibility index (Phi) is 4.85. The number of rotatable bonds is 5. The summed E-state index contributed by atoms with van der Waals surface area (Å²) in [6, 6.07) is 13.6. The topological polar surface area (TPSA) is 81.1 Å². The monoisotopic (exact) mass is 375 g/mol. The van der Waals surface area contributed by atoms with Crippen molar-refractivity contribution in [2.45, 2.75) is 17.2 Å². The van der Waals surface area contributed by atoms with Crippen LogP contribution in [0, 0.1) is 0 Å². The second kappa shape index (κ2) is 6.91. The smallest absolute Gasteiger partial charge is 0.266 e. The first kappa shape index (κ1) is 17.5. The van der Waals surface area contributed by atoms with Crippen LogP contribution in [0.5, 0.6) is 0 Å². The Bertz CT molecular complexity index is 1040. The summed E-state index contributed by atoms with van der Waals surface area (Å²) in [6.45, 7) is 1.80. The number of benzene rings is 1. The molecule has 3 aromatic rings. The van der Waals surface area contributed by atoms with E-state index >= 15 is 0 Å². The van der Waals surface area contributed by atoms with Crippen LogP contribution in [0.2, 0.25) is 0 Å². The van der Waals surface area contributed by atoms with Gasteiger partial charge in [0.2, 0.25) is 0 Å². The number of hydrogen-bond donors (Lipinski definition) is 1. The van der Waals surface area contributed by atoms with Crippen LogP contribution < -0.4 is 10.3 Å². The summed E-state index contributed by atoms with van der Waals surface area (Å²) in [6.07, 6.45) is 0. The minimum atomic E-state index is -3.64. The third-order valence-electron chi connectivity index (χ3n) is 3.73. The molecule has 0 fully saturated rings. The van der Waals surface area contributed by atoms with Crippen LogP contribution in [0.1, 0.15) is 18.5 Å². The molecule has 130 valence electrons. The number of aryl methyl sites for hydroxylation is 1. The summed E-state index contributed by atoms with van der Waals surface area (Å²) in [7, 11) is -2.09. The van der Waals surface area contributed by atoms with Gasteiger partial charge in [0, 0.05) is 30.1 Å². The zero-order valence-corrected chi connectivity index (χ0v) is 15.3. The second-order valence-corrected chi connectivity index (χ2v) is 8.44. The van der Waals surface area contributed by atoms with Gasteiger partial charge in [-0.15, -0.1) is 11.3 Å². The maximum Gasteiger partial charge on any atom is 0.266 e. The number of hydrogen-bond acceptors (Lipinski definition) is 5. The molecule has 1 aromatic carbocycles. The molecule has 1 unspecified atom stereocenters. The molecule has 3 rings (SSSR count). The highest BCUT2D eigenvalue weighted by atomic mass is 32.2. The van der Waals surface area contributed by atoms with E-state index in [1.807, 2.05) is 30.3 Å². The van der Waals surface area contributed by atoms with Gasteiger partial charge in [-0.25, -0.2) is 17.8 Å². The summed E-state index contributed by atoms with van der Waals surface area (Å²) in [5.74, 6) is 0. The Balaban J connectivity index is 1.85. The lowest BCUT2D eigenvalue weighted by Crippen LogP contribution is -2.26. The maximum atomic E-state index is 12.6. The van der Waals surface area contributed by atoms with Crippen LogP contribution in [0.4, 0.5) is 0 Å². The molecule has 6 nitrogen and oxygen atoms in total. The molecule has 2 heterocycles. The van der Waals surface area contributed by atoms with Gasteiger partial charge in [-0.1, -0.05) is 30.3 Å². The molecule has 0 spiro atoms. The molecule has 2 aromatic heterocycles. The van der Waals surface area contributed by atoms with Crippen molar-refractivity contribution >= 4 is 21.4 Å². The van der Waals surface area contributed by atoms with Gasteiger partial charge in [-0.2, -0.15) is 5.10 Å². The van der Waals surface area contributed by atoms with Crippen LogP contribution in [0.15, 0.2) is 62.9 Å². The summed E-state index contributed by atoms with van der Waals surface area (Å²) in [5, 5.41) is 5.86. The number of thiophene rings is 1. The Hall–Kier alpha value is -2.29. The lowest BCUT2D eigenvalue weighted by atomic mass is 10.1. The van der Waals surface area contributed by atoms with Crippen LogP contribution in [0.3, 0.4) is 0 Å². The van der Waals surface area contributed by atoms with Gasteiger partial charge in [-0.05, 0) is 24.6 Å². The van der Waals surface area contributed by atoms with Crippen LogP contribution in [-0.2, 0) is 17.1 Å². The van der Waals surface area contributed by atoms with Crippen molar-refractivity contribution in [2.24, 2.45) is 7.05 Å². The molecule has 0 saturated heterocycles. The van der Waals surface area contributed by atoms with E-state index in [1.54, 1.807) is 31.5 Å². The van der Waals surface area contributed by atoms with Gasteiger partial charge in [-0.3, -0.25) is 4.79 Å². The highest BCUT2D eigenvalue weighted by Gasteiger charge is 2.21. The van der Waals surface area contributed by atoms with E-state index in [2.05, 4.69) is 9.82 Å². The summed E-state index contributed by atoms with van der Waals surface area (Å²) in [4.78, 5) is 11.4. The van der Waals surface area contributed by atoms with Gasteiger partial charge >= 0.3 is 0 Å². The number of nitrogens with zero attached hydrogens (tertiary/aromatic N) is 2. The van der Waals surface area contributed by atoms with Crippen molar-refractivity contribution < 1.29 is 8.42 Å². The van der Waals surface area contributed by atoms with Gasteiger partial charge in [0.05, 0.1) is 5.69 Å². The van der Waals surface area contributed by atoms with Crippen molar-refractivity contribution in [2.75, 3.05) is 0 Å². The number of sulfonamides is 1. The molecule has 0 aliphatic rings. The van der Waals surface area contributed by atoms with E-state index in [-0.39, 0.29) is 15.8 Å². The first-order valence-electron chi connectivity index (χ1n) is 7.57. The van der Waals surface area contributed by atoms with Crippen molar-refractivity contribution in [1.29, 1.82) is 0 Å². The third-order valence-corrected chi connectivity index (χ3v) is 6.71. The van der Waals surface area contributed by atoms with E-state index in [9.17, 15) is 13.2 Å². The molecule has 1 N–H and O–H groups in total. The molecule has 0 amide bonds. The SMILES string of the molecule is CC(NS(=O)(=O)c1cc(-c2ccc(=O)n(C)n2)cs1)c1ccccc1. The molecule has 0 aliphatic carbocycles. The molecule has 0 radical (unpaired) electrons. The highest BCUT2D eigenvalue weighted by molar-refractivity contribution is 7.91. The van der Waals surface area contributed by atoms with E-state index < -0.39 is 10.0 Å². The van der Waals surface area contributed by atoms with Gasteiger partial charge < -0.3 is 0 Å². The lowest BCUT2D eigenvalue weighted by Gasteiger charge is -2.13. The van der Waals surface area contributed by atoms with E-state index in [1.165, 1.54) is 10.7 Å². The number of aromatic nitrogens is 2. The van der Waals surface area contributed by atoms with Gasteiger partial charge in [0.15, 0.2) is 0 Å². The molecule has 0 bridgehead atoms. The first-order chi connectivity index (χ1) is 11.9. The van der Waals surface area contributed by atoms with Crippen molar-refractivity contribution in [3.8, 4) is 11.3 Å². The summed E-state index contributed by atoms with van der Waals surface area (Å²) < 4.78 is 29.3. The fraction of sp³-hybridized carbons (Fsp3) is 0.176. The minimum Gasteiger partial charge on any atom is -0.268 e. The predicted octanol–water partition coefficient (Wildman–Crippen LogP) is 2.55.